The van der Waals surface area contributed by atoms with Crippen molar-refractivity contribution in [3.63, 3.8) is 0 Å². The molecule has 0 saturated carbocycles. The quantitative estimate of drug-likeness (QED) is 0.131. The largest absolute Gasteiger partial charge is 0.504 e. The first-order chi connectivity index (χ1) is 21.9. The maximum atomic E-state index is 13.2. The summed E-state index contributed by atoms with van der Waals surface area (Å²) in [6, 6.07) is 5.05. The van der Waals surface area contributed by atoms with Gasteiger partial charge in [-0.25, -0.2) is 0 Å². The molecule has 0 amide bonds. The molecule has 0 bridgehead atoms. The lowest BCUT2D eigenvalue weighted by Gasteiger charge is -2.41. The van der Waals surface area contributed by atoms with Gasteiger partial charge in [0.1, 0.15) is 59.5 Å². The molecular weight excluding hydrogens is 620 g/mol. The molecule has 0 aliphatic carbocycles. The average molecular weight is 655 g/mol. The number of phenols is 2. The first-order valence-corrected chi connectivity index (χ1v) is 13.9. The third kappa shape index (κ3) is 6.11. The Kier molecular flexibility index (Phi) is 9.78. The van der Waals surface area contributed by atoms with E-state index in [1.165, 1.54) is 39.5 Å². The molecule has 17 nitrogen and oxygen atoms in total. The summed E-state index contributed by atoms with van der Waals surface area (Å²) in [7, 11) is 3.81. The number of aliphatic hydroxyl groups is 6. The van der Waals surface area contributed by atoms with Crippen LogP contribution in [0.25, 0.3) is 22.3 Å². The minimum atomic E-state index is -1.85. The van der Waals surface area contributed by atoms with E-state index in [1.807, 2.05) is 0 Å². The number of aliphatic hydroxyl groups excluding tert-OH is 6. The zero-order valence-corrected chi connectivity index (χ0v) is 24.7. The lowest BCUT2D eigenvalue weighted by atomic mass is 9.99. The minimum absolute atomic E-state index is 0.0147. The average Bonchev–Trinajstić information content (AvgIpc) is 3.04. The first kappa shape index (κ1) is 33.5. The molecule has 2 aliphatic heterocycles. The molecule has 2 aromatic carbocycles. The van der Waals surface area contributed by atoms with Gasteiger partial charge in [-0.1, -0.05) is 0 Å². The second-order valence-electron chi connectivity index (χ2n) is 10.6. The van der Waals surface area contributed by atoms with E-state index in [9.17, 15) is 45.6 Å². The maximum Gasteiger partial charge on any atom is 0.229 e. The van der Waals surface area contributed by atoms with Crippen molar-refractivity contribution in [2.75, 3.05) is 34.5 Å². The summed E-state index contributed by atoms with van der Waals surface area (Å²) >= 11 is 0. The van der Waals surface area contributed by atoms with Gasteiger partial charge < -0.3 is 78.4 Å². The maximum absolute atomic E-state index is 13.2. The van der Waals surface area contributed by atoms with Crippen LogP contribution in [-0.2, 0) is 14.2 Å². The van der Waals surface area contributed by atoms with Gasteiger partial charge in [0.25, 0.3) is 0 Å². The van der Waals surface area contributed by atoms with E-state index in [4.69, 9.17) is 37.6 Å². The summed E-state index contributed by atoms with van der Waals surface area (Å²) in [5.74, 6) is -1.57. The highest BCUT2D eigenvalue weighted by Crippen LogP contribution is 2.45. The molecular formula is C29H34O17. The van der Waals surface area contributed by atoms with Crippen LogP contribution in [0, 0.1) is 0 Å². The minimum Gasteiger partial charge on any atom is -0.504 e. The molecule has 8 N–H and O–H groups in total. The van der Waals surface area contributed by atoms with Crippen LogP contribution in [-0.4, -0.2) is 131 Å². The second kappa shape index (κ2) is 13.4. The molecule has 2 fully saturated rings. The molecule has 46 heavy (non-hydrogen) atoms. The number of hydrogen-bond acceptors (Lipinski definition) is 17. The molecule has 3 unspecified atom stereocenters. The van der Waals surface area contributed by atoms with E-state index < -0.39 is 73.1 Å². The van der Waals surface area contributed by atoms with E-state index in [1.54, 1.807) is 0 Å². The smallest absolute Gasteiger partial charge is 0.229 e. The Morgan fingerprint density at radius 3 is 2.04 bits per heavy atom. The van der Waals surface area contributed by atoms with Gasteiger partial charge in [0.15, 0.2) is 34.7 Å². The van der Waals surface area contributed by atoms with Crippen molar-refractivity contribution in [2.24, 2.45) is 0 Å². The van der Waals surface area contributed by atoms with Crippen LogP contribution < -0.4 is 24.4 Å². The van der Waals surface area contributed by atoms with Gasteiger partial charge in [-0.15, -0.1) is 0 Å². The van der Waals surface area contributed by atoms with Crippen LogP contribution >= 0.6 is 0 Å². The van der Waals surface area contributed by atoms with Crippen molar-refractivity contribution in [1.29, 1.82) is 0 Å². The summed E-state index contributed by atoms with van der Waals surface area (Å²) in [6.45, 7) is -0.881. The Bertz CT molecular complexity index is 1580. The molecule has 3 heterocycles. The van der Waals surface area contributed by atoms with Crippen molar-refractivity contribution in [1.82, 2.24) is 0 Å². The van der Waals surface area contributed by atoms with Gasteiger partial charge >= 0.3 is 0 Å². The number of phenolic OH excluding ortho intramolecular Hbond substituents is 2. The van der Waals surface area contributed by atoms with Crippen molar-refractivity contribution in [2.45, 2.75) is 55.3 Å². The van der Waals surface area contributed by atoms with Crippen molar-refractivity contribution in [3.8, 4) is 45.8 Å². The number of benzene rings is 2. The van der Waals surface area contributed by atoms with E-state index >= 15 is 0 Å². The zero-order chi connectivity index (χ0) is 33.4. The van der Waals surface area contributed by atoms with E-state index in [0.717, 1.165) is 6.07 Å². The number of aromatic hydroxyl groups is 2. The van der Waals surface area contributed by atoms with Crippen molar-refractivity contribution < 1.29 is 78.4 Å². The molecule has 252 valence electrons. The SMILES string of the molecule is COc1cc(-c2cc(=O)c3c(O)c(OC)c(O[C@@H]4OC(CO[C@@H]5OC[C@H](O)[C@H](O)C5O)[C@@H](O)[C@H](O)C4O)cc3o2)cc(OC)c1O. The molecule has 9 atom stereocenters. The zero-order valence-electron chi connectivity index (χ0n) is 24.7. The lowest BCUT2D eigenvalue weighted by molar-refractivity contribution is -0.307. The molecule has 17 heteroatoms. The third-order valence-electron chi connectivity index (χ3n) is 7.67. The van der Waals surface area contributed by atoms with Crippen LogP contribution in [0.5, 0.6) is 34.5 Å². The summed E-state index contributed by atoms with van der Waals surface area (Å²) in [6.07, 6.45) is -14.5. The van der Waals surface area contributed by atoms with E-state index in [-0.39, 0.29) is 57.6 Å². The fourth-order valence-electron chi connectivity index (χ4n) is 5.12. The number of ether oxygens (including phenoxy) is 7. The van der Waals surface area contributed by atoms with Gasteiger partial charge in [0, 0.05) is 17.7 Å². The summed E-state index contributed by atoms with van der Waals surface area (Å²) in [5, 5.41) is 82.3. The topological polar surface area (TPSA) is 257 Å². The number of hydrogen-bond donors (Lipinski definition) is 8. The lowest BCUT2D eigenvalue weighted by Crippen LogP contribution is -2.61. The first-order valence-electron chi connectivity index (χ1n) is 13.9. The fraction of sp³-hybridized carbons (Fsp3) is 0.483. The molecule has 2 aliphatic rings. The van der Waals surface area contributed by atoms with Gasteiger partial charge in [-0.05, 0) is 12.1 Å². The van der Waals surface area contributed by atoms with Crippen LogP contribution in [0.3, 0.4) is 0 Å². The summed E-state index contributed by atoms with van der Waals surface area (Å²) in [5.41, 5.74) is -0.612. The Labute approximate surface area is 259 Å². The Hall–Kier alpha value is -3.91. The highest BCUT2D eigenvalue weighted by Gasteiger charge is 2.47. The van der Waals surface area contributed by atoms with Crippen molar-refractivity contribution in [3.05, 3.63) is 34.5 Å². The van der Waals surface area contributed by atoms with E-state index in [2.05, 4.69) is 0 Å². The molecule has 0 spiro atoms. The molecule has 2 saturated heterocycles. The highest BCUT2D eigenvalue weighted by atomic mass is 16.7. The van der Waals surface area contributed by atoms with Crippen LogP contribution in [0.1, 0.15) is 0 Å². The fourth-order valence-corrected chi connectivity index (χ4v) is 5.12. The normalized spacial score (nSPS) is 29.8. The van der Waals surface area contributed by atoms with Crippen molar-refractivity contribution >= 4 is 11.0 Å². The second-order valence-corrected chi connectivity index (χ2v) is 10.6. The van der Waals surface area contributed by atoms with Gasteiger partial charge in [0.05, 0.1) is 34.5 Å². The number of rotatable bonds is 9. The summed E-state index contributed by atoms with van der Waals surface area (Å²) in [4.78, 5) is 13.2. The van der Waals surface area contributed by atoms with Gasteiger partial charge in [0.2, 0.25) is 17.8 Å². The standard InChI is InChI=1S/C29H34O17/c1-39-15-4-10(5-16(40-2)21(15)33)13-6-11(30)19-14(44-13)7-17(27(41-3)23(19)35)45-29-26(38)24(36)22(34)18(46-29)9-43-28-25(37)20(32)12(31)8-42-28/h4-7,12,18,20,22,24-26,28-29,31-38H,8-9H2,1-3H3/t12-,18?,20-,22+,24-,25?,26?,28-,29+/m0/s1. The molecule has 5 rings (SSSR count). The molecule has 1 aromatic heterocycles. The number of methoxy groups -OCH3 is 3. The summed E-state index contributed by atoms with van der Waals surface area (Å²) < 4.78 is 43.5. The predicted octanol–water partition coefficient (Wildman–Crippen LogP) is -1.46. The predicted molar refractivity (Wildman–Crippen MR) is 152 cm³/mol. The third-order valence-corrected chi connectivity index (χ3v) is 7.67. The highest BCUT2D eigenvalue weighted by molar-refractivity contribution is 5.89. The van der Waals surface area contributed by atoms with Crippen LogP contribution in [0.2, 0.25) is 0 Å². The van der Waals surface area contributed by atoms with E-state index in [0.29, 0.717) is 0 Å². The monoisotopic (exact) mass is 654 g/mol. The van der Waals surface area contributed by atoms with Gasteiger partial charge in [-0.2, -0.15) is 0 Å². The van der Waals surface area contributed by atoms with Crippen LogP contribution in [0.15, 0.2) is 33.5 Å². The molecule has 0 radical (unpaired) electrons. The Balaban J connectivity index is 1.45. The Morgan fingerprint density at radius 1 is 0.761 bits per heavy atom. The number of fused-ring (bicyclic) bond motifs is 1. The van der Waals surface area contributed by atoms with Gasteiger partial charge in [-0.3, -0.25) is 4.79 Å². The molecule has 3 aromatic rings. The van der Waals surface area contributed by atoms with Crippen LogP contribution in [0.4, 0.5) is 0 Å². The Morgan fingerprint density at radius 2 is 1.41 bits per heavy atom.